The number of carbonyl (C=O) groups is 2. The number of Topliss-reactive ketones (excluding diaryl/α,β-unsaturated/α-hetero) is 1. The second-order valence-electron chi connectivity index (χ2n) is 6.10. The van der Waals surface area contributed by atoms with Gasteiger partial charge in [-0.3, -0.25) is 9.59 Å². The third kappa shape index (κ3) is 4.28. The Kier molecular flexibility index (Phi) is 5.32. The van der Waals surface area contributed by atoms with E-state index in [4.69, 9.17) is 9.47 Å². The summed E-state index contributed by atoms with van der Waals surface area (Å²) < 4.78 is 10.2. The molecule has 4 heteroatoms. The molecule has 0 unspecified atom stereocenters. The molecule has 0 atom stereocenters. The van der Waals surface area contributed by atoms with Crippen LogP contribution >= 0.6 is 0 Å². The van der Waals surface area contributed by atoms with E-state index in [0.29, 0.717) is 5.75 Å². The summed E-state index contributed by atoms with van der Waals surface area (Å²) in [5.41, 5.74) is 3.51. The number of allylic oxidation sites excluding steroid dienone is 2. The highest BCUT2D eigenvalue weighted by atomic mass is 16.5. The number of carbonyl (C=O) groups excluding carboxylic acids is 2. The van der Waals surface area contributed by atoms with Gasteiger partial charge in [-0.2, -0.15) is 0 Å². The third-order valence-corrected chi connectivity index (χ3v) is 4.19. The minimum Gasteiger partial charge on any atom is -0.497 e. The van der Waals surface area contributed by atoms with Crippen molar-refractivity contribution in [3.05, 3.63) is 70.8 Å². The predicted octanol–water partition coefficient (Wildman–Crippen LogP) is 4.45. The summed E-state index contributed by atoms with van der Waals surface area (Å²) in [4.78, 5) is 23.6. The molecule has 0 heterocycles. The number of esters is 1. The van der Waals surface area contributed by atoms with Crippen LogP contribution in [0.25, 0.3) is 12.2 Å². The Morgan fingerprint density at radius 2 is 1.31 bits per heavy atom. The van der Waals surface area contributed by atoms with Crippen LogP contribution in [0.4, 0.5) is 0 Å². The minimum atomic E-state index is -0.351. The van der Waals surface area contributed by atoms with Crippen LogP contribution in [0.15, 0.2) is 59.7 Å². The second-order valence-corrected chi connectivity index (χ2v) is 6.10. The Labute approximate surface area is 152 Å². The van der Waals surface area contributed by atoms with E-state index < -0.39 is 0 Å². The van der Waals surface area contributed by atoms with E-state index in [1.807, 2.05) is 48.6 Å². The molecular weight excluding hydrogens is 328 g/mol. The molecule has 1 aliphatic carbocycles. The van der Waals surface area contributed by atoms with Crippen molar-refractivity contribution >= 4 is 23.9 Å². The maximum atomic E-state index is 12.6. The van der Waals surface area contributed by atoms with Crippen LogP contribution < -0.4 is 9.47 Å². The second kappa shape index (κ2) is 7.83. The summed E-state index contributed by atoms with van der Waals surface area (Å²) in [5, 5.41) is 0. The smallest absolute Gasteiger partial charge is 0.308 e. The van der Waals surface area contributed by atoms with Gasteiger partial charge in [0.25, 0.3) is 0 Å². The summed E-state index contributed by atoms with van der Waals surface area (Å²) >= 11 is 0. The Hall–Kier alpha value is -3.14. The Morgan fingerprint density at radius 3 is 1.73 bits per heavy atom. The van der Waals surface area contributed by atoms with Gasteiger partial charge in [0.15, 0.2) is 5.78 Å². The van der Waals surface area contributed by atoms with Crippen LogP contribution in [0.1, 0.15) is 30.9 Å². The molecule has 2 aromatic carbocycles. The molecule has 0 N–H and O–H groups in total. The summed E-state index contributed by atoms with van der Waals surface area (Å²) in [6.07, 6.45) is 5.30. The molecule has 1 saturated carbocycles. The van der Waals surface area contributed by atoms with Crippen LogP contribution in [0.5, 0.6) is 11.5 Å². The van der Waals surface area contributed by atoms with Crippen molar-refractivity contribution in [3.63, 3.8) is 0 Å². The quantitative estimate of drug-likeness (QED) is 0.465. The molecule has 3 rings (SSSR count). The highest BCUT2D eigenvalue weighted by Gasteiger charge is 2.22. The van der Waals surface area contributed by atoms with Gasteiger partial charge in [0, 0.05) is 18.1 Å². The van der Waals surface area contributed by atoms with E-state index >= 15 is 0 Å². The summed E-state index contributed by atoms with van der Waals surface area (Å²) in [6.45, 7) is 1.36. The SMILES string of the molecule is COc1ccc(/C=C2\CC/C(=C\c3ccc(OC(C)=O)cc3)C2=O)cc1. The zero-order valence-electron chi connectivity index (χ0n) is 14.8. The van der Waals surface area contributed by atoms with Crippen LogP contribution in [0, 0.1) is 0 Å². The number of benzene rings is 2. The number of hydrogen-bond acceptors (Lipinski definition) is 4. The highest BCUT2D eigenvalue weighted by Crippen LogP contribution is 2.30. The van der Waals surface area contributed by atoms with Crippen molar-refractivity contribution in [2.24, 2.45) is 0 Å². The Morgan fingerprint density at radius 1 is 0.846 bits per heavy atom. The molecule has 0 bridgehead atoms. The van der Waals surface area contributed by atoms with Gasteiger partial charge in [0.1, 0.15) is 11.5 Å². The molecule has 132 valence electrons. The fourth-order valence-electron chi connectivity index (χ4n) is 2.88. The van der Waals surface area contributed by atoms with E-state index in [1.54, 1.807) is 19.2 Å². The number of rotatable bonds is 4. The standard InChI is InChI=1S/C22H20O4/c1-15(23)26-21-11-5-17(6-12-21)14-19-8-7-18(22(19)24)13-16-3-9-20(25-2)10-4-16/h3-6,9-14H,7-8H2,1-2H3/b18-13+,19-14+. The van der Waals surface area contributed by atoms with Gasteiger partial charge in [-0.1, -0.05) is 24.3 Å². The number of ketones is 1. The van der Waals surface area contributed by atoms with Crippen LogP contribution in [-0.4, -0.2) is 18.9 Å². The maximum absolute atomic E-state index is 12.6. The number of methoxy groups -OCH3 is 1. The van der Waals surface area contributed by atoms with Crippen molar-refractivity contribution < 1.29 is 19.1 Å². The number of hydrogen-bond donors (Lipinski definition) is 0. The first kappa shape index (κ1) is 17.7. The molecule has 0 aromatic heterocycles. The topological polar surface area (TPSA) is 52.6 Å². The first-order chi connectivity index (χ1) is 12.5. The molecule has 1 aliphatic rings. The average molecular weight is 348 g/mol. The highest BCUT2D eigenvalue weighted by molar-refractivity contribution is 6.15. The Bertz CT molecular complexity index is 871. The van der Waals surface area contributed by atoms with Crippen molar-refractivity contribution in [1.82, 2.24) is 0 Å². The Balaban J connectivity index is 1.74. The van der Waals surface area contributed by atoms with Crippen molar-refractivity contribution in [2.45, 2.75) is 19.8 Å². The van der Waals surface area contributed by atoms with Gasteiger partial charge in [0.2, 0.25) is 0 Å². The first-order valence-electron chi connectivity index (χ1n) is 8.43. The molecular formula is C22H20O4. The van der Waals surface area contributed by atoms with E-state index in [2.05, 4.69) is 0 Å². The molecule has 26 heavy (non-hydrogen) atoms. The summed E-state index contributed by atoms with van der Waals surface area (Å²) in [5.74, 6) is 1.03. The predicted molar refractivity (Wildman–Crippen MR) is 101 cm³/mol. The monoisotopic (exact) mass is 348 g/mol. The molecule has 1 fully saturated rings. The van der Waals surface area contributed by atoms with Gasteiger partial charge in [0.05, 0.1) is 7.11 Å². The zero-order valence-corrected chi connectivity index (χ0v) is 14.8. The molecule has 2 aromatic rings. The molecule has 0 aliphatic heterocycles. The largest absolute Gasteiger partial charge is 0.497 e. The van der Waals surface area contributed by atoms with E-state index in [0.717, 1.165) is 40.9 Å². The van der Waals surface area contributed by atoms with Crippen molar-refractivity contribution in [2.75, 3.05) is 7.11 Å². The molecule has 4 nitrogen and oxygen atoms in total. The summed E-state index contributed by atoms with van der Waals surface area (Å²) in [7, 11) is 1.63. The molecule has 0 radical (unpaired) electrons. The van der Waals surface area contributed by atoms with Gasteiger partial charge in [-0.25, -0.2) is 0 Å². The lowest BCUT2D eigenvalue weighted by Gasteiger charge is -2.02. The normalized spacial score (nSPS) is 16.9. The molecule has 0 amide bonds. The van der Waals surface area contributed by atoms with Crippen molar-refractivity contribution in [3.8, 4) is 11.5 Å². The number of ether oxygens (including phenoxy) is 2. The van der Waals surface area contributed by atoms with Gasteiger partial charge in [-0.15, -0.1) is 0 Å². The lowest BCUT2D eigenvalue weighted by atomic mass is 10.1. The molecule has 0 saturated heterocycles. The third-order valence-electron chi connectivity index (χ3n) is 4.19. The van der Waals surface area contributed by atoms with Crippen LogP contribution in [0.2, 0.25) is 0 Å². The molecule has 0 spiro atoms. The minimum absolute atomic E-state index is 0.0879. The average Bonchev–Trinajstić information content (AvgIpc) is 2.97. The lowest BCUT2D eigenvalue weighted by molar-refractivity contribution is -0.131. The lowest BCUT2D eigenvalue weighted by Crippen LogP contribution is -2.00. The van der Waals surface area contributed by atoms with Gasteiger partial charge in [-0.05, 0) is 60.4 Å². The van der Waals surface area contributed by atoms with Crippen LogP contribution in [0.3, 0.4) is 0 Å². The fourth-order valence-corrected chi connectivity index (χ4v) is 2.88. The van der Waals surface area contributed by atoms with E-state index in [-0.39, 0.29) is 11.8 Å². The van der Waals surface area contributed by atoms with Gasteiger partial charge < -0.3 is 9.47 Å². The first-order valence-corrected chi connectivity index (χ1v) is 8.43. The van der Waals surface area contributed by atoms with E-state index in [1.165, 1.54) is 6.92 Å². The summed E-state index contributed by atoms with van der Waals surface area (Å²) in [6, 6.07) is 14.8. The van der Waals surface area contributed by atoms with Crippen molar-refractivity contribution in [1.29, 1.82) is 0 Å². The maximum Gasteiger partial charge on any atom is 0.308 e. The van der Waals surface area contributed by atoms with Crippen LogP contribution in [-0.2, 0) is 9.59 Å². The fraction of sp³-hybridized carbons (Fsp3) is 0.182. The van der Waals surface area contributed by atoms with E-state index in [9.17, 15) is 9.59 Å². The zero-order chi connectivity index (χ0) is 18.5. The van der Waals surface area contributed by atoms with Gasteiger partial charge >= 0.3 is 5.97 Å².